The molecule has 1 aliphatic carbocycles. The minimum Gasteiger partial charge on any atom is -0.312 e. The summed E-state index contributed by atoms with van der Waals surface area (Å²) < 4.78 is 0. The number of H-pyrrole nitrogens is 1. The van der Waals surface area contributed by atoms with E-state index in [1.54, 1.807) is 0 Å². The molecule has 1 saturated carbocycles. The number of nitrogens with zero attached hydrogens (tertiary/aromatic N) is 1. The van der Waals surface area contributed by atoms with E-state index in [4.69, 9.17) is 4.98 Å². The number of fused-ring (bicyclic) bond motifs is 1. The van der Waals surface area contributed by atoms with Crippen LogP contribution in [-0.2, 0) is 18.4 Å². The topological polar surface area (TPSA) is 57.8 Å². The van der Waals surface area contributed by atoms with Crippen molar-refractivity contribution in [2.45, 2.75) is 38.1 Å². The first-order chi connectivity index (χ1) is 9.69. The highest BCUT2D eigenvalue weighted by atomic mass is 32.1. The molecule has 5 heteroatoms. The second kappa shape index (κ2) is 4.27. The zero-order valence-corrected chi connectivity index (χ0v) is 12.3. The van der Waals surface area contributed by atoms with Gasteiger partial charge in [0, 0.05) is 29.3 Å². The summed E-state index contributed by atoms with van der Waals surface area (Å²) in [5.74, 6) is 0.880. The molecule has 0 amide bonds. The molecule has 2 aromatic heterocycles. The summed E-state index contributed by atoms with van der Waals surface area (Å²) in [6, 6.07) is 4.34. The summed E-state index contributed by atoms with van der Waals surface area (Å²) in [4.78, 5) is 22.8. The van der Waals surface area contributed by atoms with E-state index in [1.165, 1.54) is 9.75 Å². The second-order valence-corrected chi connectivity index (χ2v) is 7.05. The Bertz CT molecular complexity index is 727. The van der Waals surface area contributed by atoms with E-state index >= 15 is 0 Å². The van der Waals surface area contributed by atoms with Crippen LogP contribution in [0, 0.1) is 6.92 Å². The van der Waals surface area contributed by atoms with E-state index in [0.29, 0.717) is 6.54 Å². The number of hydrogen-bond donors (Lipinski definition) is 2. The van der Waals surface area contributed by atoms with E-state index in [9.17, 15) is 4.79 Å². The summed E-state index contributed by atoms with van der Waals surface area (Å²) >= 11 is 1.82. The zero-order valence-electron chi connectivity index (χ0n) is 11.5. The lowest BCUT2D eigenvalue weighted by atomic mass is 10.0. The molecule has 2 aromatic rings. The monoisotopic (exact) mass is 287 g/mol. The highest BCUT2D eigenvalue weighted by Gasteiger charge is 2.49. The SMILES string of the molecule is Cc1ccc(C2(c3nc4c(c(=O)[nH]3)CNCC4)CC2)s1. The number of aromatic amines is 1. The van der Waals surface area contributed by atoms with Crippen molar-refractivity contribution in [2.75, 3.05) is 6.54 Å². The summed E-state index contributed by atoms with van der Waals surface area (Å²) in [5.41, 5.74) is 1.83. The van der Waals surface area contributed by atoms with E-state index < -0.39 is 0 Å². The molecule has 0 atom stereocenters. The maximum Gasteiger partial charge on any atom is 0.255 e. The van der Waals surface area contributed by atoms with E-state index in [0.717, 1.165) is 42.9 Å². The average Bonchev–Trinajstić information content (AvgIpc) is 3.15. The Morgan fingerprint density at radius 2 is 2.20 bits per heavy atom. The third-order valence-corrected chi connectivity index (χ3v) is 5.56. The number of rotatable bonds is 2. The van der Waals surface area contributed by atoms with Crippen LogP contribution in [-0.4, -0.2) is 16.5 Å². The van der Waals surface area contributed by atoms with Crippen LogP contribution in [0.25, 0.3) is 0 Å². The predicted molar refractivity (Wildman–Crippen MR) is 79.3 cm³/mol. The Morgan fingerprint density at radius 1 is 1.35 bits per heavy atom. The summed E-state index contributed by atoms with van der Waals surface area (Å²) in [5, 5.41) is 3.23. The fourth-order valence-electron chi connectivity index (χ4n) is 3.00. The molecule has 3 heterocycles. The normalized spacial score (nSPS) is 19.6. The van der Waals surface area contributed by atoms with Gasteiger partial charge in [-0.05, 0) is 31.9 Å². The number of nitrogens with one attached hydrogen (secondary N) is 2. The molecular weight excluding hydrogens is 270 g/mol. The van der Waals surface area contributed by atoms with Gasteiger partial charge in [0.25, 0.3) is 5.56 Å². The first-order valence-corrected chi connectivity index (χ1v) is 7.91. The molecule has 2 N–H and O–H groups in total. The van der Waals surface area contributed by atoms with Crippen molar-refractivity contribution >= 4 is 11.3 Å². The van der Waals surface area contributed by atoms with Crippen LogP contribution in [0.1, 0.15) is 39.7 Å². The Hall–Kier alpha value is -1.46. The van der Waals surface area contributed by atoms with Gasteiger partial charge in [0.15, 0.2) is 0 Å². The predicted octanol–water partition coefficient (Wildman–Crippen LogP) is 1.87. The van der Waals surface area contributed by atoms with Crippen molar-refractivity contribution in [3.8, 4) is 0 Å². The van der Waals surface area contributed by atoms with Gasteiger partial charge >= 0.3 is 0 Å². The Balaban J connectivity index is 1.83. The standard InChI is InChI=1S/C15H17N3OS/c1-9-2-3-12(20-9)15(5-6-15)14-17-11-4-7-16-8-10(11)13(19)18-14/h2-3,16H,4-8H2,1H3,(H,17,18,19). The highest BCUT2D eigenvalue weighted by molar-refractivity contribution is 7.12. The van der Waals surface area contributed by atoms with Gasteiger partial charge in [-0.3, -0.25) is 4.79 Å². The average molecular weight is 287 g/mol. The molecule has 104 valence electrons. The van der Waals surface area contributed by atoms with Crippen molar-refractivity contribution in [1.29, 1.82) is 0 Å². The summed E-state index contributed by atoms with van der Waals surface area (Å²) in [7, 11) is 0. The van der Waals surface area contributed by atoms with Crippen molar-refractivity contribution in [1.82, 2.24) is 15.3 Å². The molecule has 1 aliphatic heterocycles. The Morgan fingerprint density at radius 3 is 2.90 bits per heavy atom. The van der Waals surface area contributed by atoms with Crippen molar-refractivity contribution in [2.24, 2.45) is 0 Å². The maximum absolute atomic E-state index is 12.3. The third-order valence-electron chi connectivity index (χ3n) is 4.36. The second-order valence-electron chi connectivity index (χ2n) is 5.76. The number of aryl methyl sites for hydroxylation is 1. The third kappa shape index (κ3) is 1.77. The molecule has 0 aromatic carbocycles. The lowest BCUT2D eigenvalue weighted by Crippen LogP contribution is -2.33. The fraction of sp³-hybridized carbons (Fsp3) is 0.467. The van der Waals surface area contributed by atoms with Crippen LogP contribution in [0.3, 0.4) is 0 Å². The highest BCUT2D eigenvalue weighted by Crippen LogP contribution is 2.54. The number of hydrogen-bond acceptors (Lipinski definition) is 4. The number of aromatic nitrogens is 2. The van der Waals surface area contributed by atoms with Gasteiger partial charge < -0.3 is 10.3 Å². The molecule has 1 fully saturated rings. The van der Waals surface area contributed by atoms with E-state index in [-0.39, 0.29) is 11.0 Å². The lowest BCUT2D eigenvalue weighted by Gasteiger charge is -2.19. The first-order valence-electron chi connectivity index (χ1n) is 7.09. The van der Waals surface area contributed by atoms with Crippen molar-refractivity contribution in [3.63, 3.8) is 0 Å². The Kier molecular flexibility index (Phi) is 2.62. The van der Waals surface area contributed by atoms with Crippen LogP contribution in [0.15, 0.2) is 16.9 Å². The Labute approximate surface area is 121 Å². The first kappa shape index (κ1) is 12.3. The van der Waals surface area contributed by atoms with Gasteiger partial charge in [0.1, 0.15) is 5.82 Å². The molecule has 0 radical (unpaired) electrons. The van der Waals surface area contributed by atoms with E-state index in [2.05, 4.69) is 29.4 Å². The summed E-state index contributed by atoms with van der Waals surface area (Å²) in [6.45, 7) is 3.68. The van der Waals surface area contributed by atoms with Crippen LogP contribution >= 0.6 is 11.3 Å². The van der Waals surface area contributed by atoms with Crippen LogP contribution < -0.4 is 10.9 Å². The van der Waals surface area contributed by atoms with Crippen molar-refractivity contribution in [3.05, 3.63) is 49.3 Å². The maximum atomic E-state index is 12.3. The molecule has 4 nitrogen and oxygen atoms in total. The van der Waals surface area contributed by atoms with E-state index in [1.807, 2.05) is 11.3 Å². The minimum absolute atomic E-state index is 0.0159. The fourth-order valence-corrected chi connectivity index (χ4v) is 4.11. The minimum atomic E-state index is -0.0159. The van der Waals surface area contributed by atoms with Gasteiger partial charge in [-0.1, -0.05) is 0 Å². The molecule has 2 aliphatic rings. The van der Waals surface area contributed by atoms with Gasteiger partial charge in [-0.2, -0.15) is 0 Å². The molecule has 0 unspecified atom stereocenters. The largest absolute Gasteiger partial charge is 0.312 e. The van der Waals surface area contributed by atoms with Crippen molar-refractivity contribution < 1.29 is 0 Å². The van der Waals surface area contributed by atoms with Gasteiger partial charge in [-0.25, -0.2) is 4.98 Å². The molecule has 0 saturated heterocycles. The smallest absolute Gasteiger partial charge is 0.255 e. The summed E-state index contributed by atoms with van der Waals surface area (Å²) in [6.07, 6.45) is 3.03. The molecule has 20 heavy (non-hydrogen) atoms. The van der Waals surface area contributed by atoms with Gasteiger partial charge in [0.05, 0.1) is 16.7 Å². The zero-order chi connectivity index (χ0) is 13.7. The molecule has 4 rings (SSSR count). The van der Waals surface area contributed by atoms with Gasteiger partial charge in [-0.15, -0.1) is 11.3 Å². The quantitative estimate of drug-likeness (QED) is 0.886. The lowest BCUT2D eigenvalue weighted by molar-refractivity contribution is 0.605. The number of thiophene rings is 1. The van der Waals surface area contributed by atoms with Gasteiger partial charge in [0.2, 0.25) is 0 Å². The molecule has 0 bridgehead atoms. The van der Waals surface area contributed by atoms with Crippen LogP contribution in [0.5, 0.6) is 0 Å². The van der Waals surface area contributed by atoms with Crippen LogP contribution in [0.2, 0.25) is 0 Å². The molecular formula is C15H17N3OS. The molecule has 0 spiro atoms. The van der Waals surface area contributed by atoms with Crippen LogP contribution in [0.4, 0.5) is 0 Å².